The normalized spacial score (nSPS) is 9.86. The molecule has 1 aromatic rings. The highest BCUT2D eigenvalue weighted by atomic mass is 35.5. The van der Waals surface area contributed by atoms with E-state index in [2.05, 4.69) is 6.58 Å². The number of halogens is 1. The quantitative estimate of drug-likeness (QED) is 0.601. The van der Waals surface area contributed by atoms with Crippen molar-refractivity contribution in [3.05, 3.63) is 41.4 Å². The Labute approximate surface area is 89.3 Å². The fourth-order valence-corrected chi connectivity index (χ4v) is 1.37. The predicted molar refractivity (Wildman–Crippen MR) is 59.7 cm³/mol. The van der Waals surface area contributed by atoms with Gasteiger partial charge in [0.1, 0.15) is 5.75 Å². The summed E-state index contributed by atoms with van der Waals surface area (Å²) in [4.78, 5) is 0. The van der Waals surface area contributed by atoms with Crippen LogP contribution in [-0.2, 0) is 6.54 Å². The van der Waals surface area contributed by atoms with Crippen molar-refractivity contribution in [3.8, 4) is 5.75 Å². The van der Waals surface area contributed by atoms with Crippen molar-refractivity contribution in [1.82, 2.24) is 0 Å². The topological polar surface area (TPSA) is 35.2 Å². The van der Waals surface area contributed by atoms with E-state index in [-0.39, 0.29) is 0 Å². The fourth-order valence-electron chi connectivity index (χ4n) is 1.12. The molecule has 0 aromatic heterocycles. The van der Waals surface area contributed by atoms with Crippen molar-refractivity contribution in [2.75, 3.05) is 6.61 Å². The molecule has 2 nitrogen and oxygen atoms in total. The molecule has 0 saturated heterocycles. The molecule has 2 N–H and O–H groups in total. The van der Waals surface area contributed by atoms with Gasteiger partial charge in [0.15, 0.2) is 0 Å². The SMILES string of the molecule is C=CCCOc1c(Cl)cccc1CN. The molecular formula is C11H14ClNO. The number of ether oxygens (including phenoxy) is 1. The van der Waals surface area contributed by atoms with Gasteiger partial charge in [0, 0.05) is 12.1 Å². The lowest BCUT2D eigenvalue weighted by Crippen LogP contribution is -2.03. The average Bonchev–Trinajstić information content (AvgIpc) is 2.20. The Kier molecular flexibility index (Phi) is 4.50. The number of benzene rings is 1. The van der Waals surface area contributed by atoms with Gasteiger partial charge in [-0.1, -0.05) is 29.8 Å². The van der Waals surface area contributed by atoms with Crippen LogP contribution in [0.5, 0.6) is 5.75 Å². The first-order valence-corrected chi connectivity index (χ1v) is 4.88. The van der Waals surface area contributed by atoms with Crippen LogP contribution in [0.1, 0.15) is 12.0 Å². The van der Waals surface area contributed by atoms with Crippen molar-refractivity contribution in [3.63, 3.8) is 0 Å². The van der Waals surface area contributed by atoms with Gasteiger partial charge in [0.05, 0.1) is 11.6 Å². The van der Waals surface area contributed by atoms with Crippen molar-refractivity contribution < 1.29 is 4.74 Å². The Morgan fingerprint density at radius 2 is 2.29 bits per heavy atom. The van der Waals surface area contributed by atoms with E-state index in [1.165, 1.54) is 0 Å². The van der Waals surface area contributed by atoms with E-state index in [0.717, 1.165) is 12.0 Å². The van der Waals surface area contributed by atoms with Crippen molar-refractivity contribution in [2.45, 2.75) is 13.0 Å². The summed E-state index contributed by atoms with van der Waals surface area (Å²) in [6, 6.07) is 5.57. The minimum atomic E-state index is 0.435. The lowest BCUT2D eigenvalue weighted by Gasteiger charge is -2.10. The van der Waals surface area contributed by atoms with Crippen LogP contribution in [0.3, 0.4) is 0 Å². The predicted octanol–water partition coefficient (Wildman–Crippen LogP) is 2.75. The summed E-state index contributed by atoms with van der Waals surface area (Å²) >= 11 is 5.98. The number of hydrogen-bond donors (Lipinski definition) is 1. The Morgan fingerprint density at radius 1 is 1.50 bits per heavy atom. The van der Waals surface area contributed by atoms with Gasteiger partial charge in [-0.3, -0.25) is 0 Å². The minimum Gasteiger partial charge on any atom is -0.491 e. The van der Waals surface area contributed by atoms with Gasteiger partial charge in [0.25, 0.3) is 0 Å². The van der Waals surface area contributed by atoms with E-state index in [4.69, 9.17) is 22.1 Å². The Hall–Kier alpha value is -0.990. The molecule has 0 radical (unpaired) electrons. The Balaban J connectivity index is 2.76. The molecule has 76 valence electrons. The number of nitrogens with two attached hydrogens (primary N) is 1. The first-order chi connectivity index (χ1) is 6.79. The smallest absolute Gasteiger partial charge is 0.142 e. The molecule has 3 heteroatoms. The second-order valence-corrected chi connectivity index (χ2v) is 3.27. The molecule has 0 spiro atoms. The first-order valence-electron chi connectivity index (χ1n) is 4.50. The molecule has 0 aliphatic carbocycles. The maximum absolute atomic E-state index is 5.98. The molecule has 0 saturated carbocycles. The summed E-state index contributed by atoms with van der Waals surface area (Å²) < 4.78 is 5.52. The molecule has 0 heterocycles. The van der Waals surface area contributed by atoms with Gasteiger partial charge in [-0.25, -0.2) is 0 Å². The molecule has 14 heavy (non-hydrogen) atoms. The van der Waals surface area contributed by atoms with E-state index >= 15 is 0 Å². The summed E-state index contributed by atoms with van der Waals surface area (Å²) in [5.74, 6) is 0.693. The molecule has 0 aliphatic heterocycles. The number of rotatable bonds is 5. The molecule has 1 aromatic carbocycles. The molecule has 0 fully saturated rings. The molecule has 1 rings (SSSR count). The van der Waals surface area contributed by atoms with Gasteiger partial charge >= 0.3 is 0 Å². The Morgan fingerprint density at radius 3 is 2.93 bits per heavy atom. The zero-order chi connectivity index (χ0) is 10.4. The summed E-state index contributed by atoms with van der Waals surface area (Å²) in [6.45, 7) is 4.64. The minimum absolute atomic E-state index is 0.435. The van der Waals surface area contributed by atoms with Crippen LogP contribution in [0.4, 0.5) is 0 Å². The molecule has 0 aliphatic rings. The van der Waals surface area contributed by atoms with Crippen LogP contribution < -0.4 is 10.5 Å². The van der Waals surface area contributed by atoms with E-state index in [1.807, 2.05) is 12.1 Å². The standard InChI is InChI=1S/C11H14ClNO/c1-2-3-7-14-11-9(8-13)5-4-6-10(11)12/h2,4-6H,1,3,7-8,13H2. The molecule has 0 atom stereocenters. The van der Waals surface area contributed by atoms with Gasteiger partial charge in [0.2, 0.25) is 0 Å². The van der Waals surface area contributed by atoms with Gasteiger partial charge in [-0.05, 0) is 12.5 Å². The second kappa shape index (κ2) is 5.68. The zero-order valence-corrected chi connectivity index (χ0v) is 8.76. The largest absolute Gasteiger partial charge is 0.491 e. The lowest BCUT2D eigenvalue weighted by atomic mass is 10.2. The van der Waals surface area contributed by atoms with Gasteiger partial charge in [-0.2, -0.15) is 0 Å². The third-order valence-corrected chi connectivity index (χ3v) is 2.13. The number of para-hydroxylation sites is 1. The van der Waals surface area contributed by atoms with Gasteiger partial charge < -0.3 is 10.5 Å². The summed E-state index contributed by atoms with van der Waals surface area (Å²) in [7, 11) is 0. The van der Waals surface area contributed by atoms with Crippen LogP contribution >= 0.6 is 11.6 Å². The number of hydrogen-bond acceptors (Lipinski definition) is 2. The fraction of sp³-hybridized carbons (Fsp3) is 0.273. The highest BCUT2D eigenvalue weighted by Crippen LogP contribution is 2.28. The van der Waals surface area contributed by atoms with Crippen molar-refractivity contribution in [2.24, 2.45) is 5.73 Å². The van der Waals surface area contributed by atoms with E-state index in [0.29, 0.717) is 23.9 Å². The van der Waals surface area contributed by atoms with Crippen LogP contribution in [0.15, 0.2) is 30.9 Å². The van der Waals surface area contributed by atoms with Crippen LogP contribution in [0.2, 0.25) is 5.02 Å². The summed E-state index contributed by atoms with van der Waals surface area (Å²) in [5.41, 5.74) is 6.50. The highest BCUT2D eigenvalue weighted by Gasteiger charge is 2.05. The first kappa shape index (κ1) is 11.1. The monoisotopic (exact) mass is 211 g/mol. The Bertz CT molecular complexity index is 312. The molecule has 0 amide bonds. The molecule has 0 bridgehead atoms. The van der Waals surface area contributed by atoms with Crippen LogP contribution in [-0.4, -0.2) is 6.61 Å². The second-order valence-electron chi connectivity index (χ2n) is 2.86. The maximum Gasteiger partial charge on any atom is 0.142 e. The maximum atomic E-state index is 5.98. The highest BCUT2D eigenvalue weighted by molar-refractivity contribution is 6.32. The third kappa shape index (κ3) is 2.76. The van der Waals surface area contributed by atoms with E-state index in [9.17, 15) is 0 Å². The third-order valence-electron chi connectivity index (χ3n) is 1.84. The van der Waals surface area contributed by atoms with Crippen LogP contribution in [0.25, 0.3) is 0 Å². The summed E-state index contributed by atoms with van der Waals surface area (Å²) in [5, 5.41) is 0.608. The molecular weight excluding hydrogens is 198 g/mol. The van der Waals surface area contributed by atoms with Crippen molar-refractivity contribution >= 4 is 11.6 Å². The lowest BCUT2D eigenvalue weighted by molar-refractivity contribution is 0.322. The van der Waals surface area contributed by atoms with Crippen LogP contribution in [0, 0.1) is 0 Å². The average molecular weight is 212 g/mol. The van der Waals surface area contributed by atoms with E-state index in [1.54, 1.807) is 12.1 Å². The molecule has 0 unspecified atom stereocenters. The van der Waals surface area contributed by atoms with Gasteiger partial charge in [-0.15, -0.1) is 6.58 Å². The zero-order valence-electron chi connectivity index (χ0n) is 8.00. The summed E-state index contributed by atoms with van der Waals surface area (Å²) in [6.07, 6.45) is 2.61. The van der Waals surface area contributed by atoms with E-state index < -0.39 is 0 Å². The van der Waals surface area contributed by atoms with Crippen molar-refractivity contribution in [1.29, 1.82) is 0 Å².